The van der Waals surface area contributed by atoms with Gasteiger partial charge in [-0.3, -0.25) is 33.6 Å². The third-order valence-corrected chi connectivity index (χ3v) is 11.8. The highest BCUT2D eigenvalue weighted by Gasteiger charge is 2.59. The molecule has 7 unspecified atom stereocenters. The highest BCUT2D eigenvalue weighted by atomic mass is 32.2. The van der Waals surface area contributed by atoms with E-state index in [0.717, 1.165) is 41.5 Å². The molecule has 0 aromatic heterocycles. The number of nitrogens with zero attached hydrogens (tertiary/aromatic N) is 18. The van der Waals surface area contributed by atoms with E-state index >= 15 is 0 Å². The van der Waals surface area contributed by atoms with Crippen LogP contribution in [-0.2, 0) is 90.4 Å². The van der Waals surface area contributed by atoms with Crippen LogP contribution in [0.5, 0.6) is 0 Å². The molecule has 3 aliphatic heterocycles. The lowest BCUT2D eigenvalue weighted by molar-refractivity contribution is -0.309. The highest BCUT2D eigenvalue weighted by molar-refractivity contribution is 8.13. The zero-order valence-electron chi connectivity index (χ0n) is 41.1. The average Bonchev–Trinajstić information content (AvgIpc) is 3.63. The fourth-order valence-corrected chi connectivity index (χ4v) is 9.13. The normalized spacial score (nSPS) is 32.8. The molecule has 37 nitrogen and oxygen atoms in total. The SMILES string of the molecule is C.CC(=O)OC1[C@@H](OC2O[C@H](CSC(C)=O)[C@H](O[C@H]3O[C@@H](CN=[N+]=[N-])[C@@H](OC(C)=O)C(OC(C)=O)C3N=[N+]=[N-])[C@@H]2OC(C)=O)[C@H](O[C@H]2OC(CN=[N+]=[N-])[C@@H](OC(C)=O)[C@H](OC(C)=O)C2N=[N+]=[N-])C(N=[N+]=[N-])C[C@H]1N=[N+]=[N-].[2HH].[B]. The van der Waals surface area contributed by atoms with Gasteiger partial charge >= 0.3 is 35.8 Å². The quantitative estimate of drug-likeness (QED) is 0.0361. The van der Waals surface area contributed by atoms with Crippen molar-refractivity contribution in [3.05, 3.63) is 62.7 Å². The number of azide groups is 6. The Kier molecular flexibility index (Phi) is 26.9. The number of carbonyl (C=O) groups excluding carboxylic acids is 7. The van der Waals surface area contributed by atoms with Crippen LogP contribution in [0.3, 0.4) is 0 Å². The smallest absolute Gasteiger partial charge is 0.303 e. The maximum Gasteiger partial charge on any atom is 0.303 e. The molecule has 19 atom stereocenters. The summed E-state index contributed by atoms with van der Waals surface area (Å²) in [6, 6.07) is -6.63. The standard InChI is InChI=1S/C37H48N18O19S.CH4.B.H2/c1-12(56)63-26-19(46-52-40)8-20(47-53-41)27(72-35-24(48-54-42)31(66-15(4)59)28(64-13(2)57)21(69-35)9-44-50-38)33(26)74-37-34(68-17(6)61)30(23(71-37)11-75-18(7)62)73-36-25(49-55-43)32(67-16(5)60)29(65-14(3)58)22(70-36)10-45-51-39;;;/h19-37H,8-11H2,1-7H3;1H4;;1H/t19-,20?,21?,22+,23-,24?,25?,26?,27-,28-,29-,30+,31-,32?,33-,34+,35-,36-,37?;;;/m1.../s1/i;;;1+1. The van der Waals surface area contributed by atoms with Gasteiger partial charge in [-0.15, -0.1) is 0 Å². The van der Waals surface area contributed by atoms with Crippen LogP contribution in [0.1, 0.15) is 63.7 Å². The Morgan fingerprint density at radius 2 is 0.805 bits per heavy atom. The topological polar surface area (TPSA) is 523 Å². The van der Waals surface area contributed by atoms with Gasteiger partial charge in [-0.05, 0) is 39.6 Å². The van der Waals surface area contributed by atoms with E-state index in [-0.39, 0.29) is 23.0 Å². The van der Waals surface area contributed by atoms with Crippen molar-refractivity contribution < 1.29 is 91.8 Å². The van der Waals surface area contributed by atoms with Crippen LogP contribution in [0, 0.1) is 0 Å². The third kappa shape index (κ3) is 18.1. The second kappa shape index (κ2) is 31.5. The lowest BCUT2D eigenvalue weighted by atomic mass is 9.83. The van der Waals surface area contributed by atoms with Gasteiger partial charge in [-0.1, -0.05) is 49.9 Å². The Hall–Kier alpha value is -7.48. The van der Waals surface area contributed by atoms with Crippen LogP contribution in [0.4, 0.5) is 0 Å². The Labute approximate surface area is 442 Å². The fraction of sp³-hybridized carbons (Fsp3) is 0.816. The summed E-state index contributed by atoms with van der Waals surface area (Å²) in [4.78, 5) is 105. The average molecular weight is 1110 g/mol. The molecule has 39 heteroatoms. The Morgan fingerprint density at radius 3 is 1.19 bits per heavy atom. The predicted molar refractivity (Wildman–Crippen MR) is 256 cm³/mol. The van der Waals surface area contributed by atoms with E-state index in [2.05, 4.69) is 60.2 Å². The van der Waals surface area contributed by atoms with Gasteiger partial charge in [0.25, 0.3) is 0 Å². The van der Waals surface area contributed by atoms with Crippen molar-refractivity contribution in [2.24, 2.45) is 30.7 Å². The summed E-state index contributed by atoms with van der Waals surface area (Å²) in [5, 5.41) is 21.5. The molecule has 3 saturated heterocycles. The number of esters is 6. The van der Waals surface area contributed by atoms with Crippen molar-refractivity contribution in [1.29, 1.82) is 0 Å². The molecule has 3 heterocycles. The molecule has 0 N–H and O–H groups in total. The molecule has 0 amide bonds. The van der Waals surface area contributed by atoms with Gasteiger partial charge in [0.05, 0.1) is 31.3 Å². The third-order valence-electron chi connectivity index (χ3n) is 10.9. The second-order valence-corrected chi connectivity index (χ2v) is 17.4. The first-order valence-corrected chi connectivity index (χ1v) is 23.0. The van der Waals surface area contributed by atoms with Crippen LogP contribution in [0.2, 0.25) is 0 Å². The zero-order valence-corrected chi connectivity index (χ0v) is 41.9. The maximum absolute atomic E-state index is 13.1. The van der Waals surface area contributed by atoms with Crippen molar-refractivity contribution >= 4 is 61.1 Å². The molecule has 77 heavy (non-hydrogen) atoms. The second-order valence-electron chi connectivity index (χ2n) is 16.2. The minimum atomic E-state index is -1.99. The van der Waals surface area contributed by atoms with Crippen LogP contribution in [0.25, 0.3) is 62.7 Å². The van der Waals surface area contributed by atoms with Crippen molar-refractivity contribution in [3.63, 3.8) is 0 Å². The first kappa shape index (κ1) is 65.6. The molecule has 419 valence electrons. The minimum absolute atomic E-state index is 0. The highest BCUT2D eigenvalue weighted by Crippen LogP contribution is 2.41. The molecule has 1 saturated carbocycles. The summed E-state index contributed by atoms with van der Waals surface area (Å²) in [6.45, 7) is 5.79. The van der Waals surface area contributed by atoms with E-state index in [9.17, 15) is 66.7 Å². The number of thioether (sulfide) groups is 1. The van der Waals surface area contributed by atoms with Crippen LogP contribution < -0.4 is 0 Å². The molecule has 0 bridgehead atoms. The fourth-order valence-electron chi connectivity index (χ4n) is 8.46. The van der Waals surface area contributed by atoms with Gasteiger partial charge in [0.2, 0.25) is 0 Å². The van der Waals surface area contributed by atoms with Crippen molar-refractivity contribution in [1.82, 2.24) is 0 Å². The van der Waals surface area contributed by atoms with Crippen LogP contribution in [0.15, 0.2) is 30.7 Å². The molecular weight excluding hydrogens is 1060 g/mol. The zero-order chi connectivity index (χ0) is 55.5. The van der Waals surface area contributed by atoms with Crippen LogP contribution in [-0.4, -0.2) is 184 Å². The molecule has 0 aromatic carbocycles. The monoisotopic (exact) mass is 1110 g/mol. The van der Waals surface area contributed by atoms with Crippen molar-refractivity contribution in [3.8, 4) is 0 Å². The molecule has 0 spiro atoms. The summed E-state index contributed by atoms with van der Waals surface area (Å²) >= 11 is 0.665. The minimum Gasteiger partial charge on any atom is -0.459 e. The number of hydrogen-bond donors (Lipinski definition) is 0. The lowest BCUT2D eigenvalue weighted by Crippen LogP contribution is -2.65. The lowest BCUT2D eigenvalue weighted by Gasteiger charge is -2.48. The molecular formula is C38H54BN18O19S. The number of hydrogen-bond acceptors (Lipinski definition) is 26. The number of ether oxygens (including phenoxy) is 12. The molecule has 4 aliphatic rings. The predicted octanol–water partition coefficient (Wildman–Crippen LogP) is 4.43. The van der Waals surface area contributed by atoms with Gasteiger partial charge in [0.1, 0.15) is 48.7 Å². The van der Waals surface area contributed by atoms with Gasteiger partial charge < -0.3 is 56.8 Å². The summed E-state index contributed by atoms with van der Waals surface area (Å²) in [5.41, 5.74) is 57.5. The summed E-state index contributed by atoms with van der Waals surface area (Å²) in [7, 11) is 0. The Morgan fingerprint density at radius 1 is 0.455 bits per heavy atom. The summed E-state index contributed by atoms with van der Waals surface area (Å²) in [5.74, 6) is -6.26. The van der Waals surface area contributed by atoms with Gasteiger partial charge in [0, 0.05) is 93.5 Å². The largest absolute Gasteiger partial charge is 0.459 e. The van der Waals surface area contributed by atoms with Crippen molar-refractivity contribution in [2.45, 2.75) is 179 Å². The van der Waals surface area contributed by atoms with Crippen LogP contribution >= 0.6 is 11.8 Å². The van der Waals surface area contributed by atoms with E-state index in [0.29, 0.717) is 11.8 Å². The summed E-state index contributed by atoms with van der Waals surface area (Å²) in [6.07, 6.45) is -26.7. The Balaban J connectivity index is 0.0000101. The molecule has 4 rings (SSSR count). The van der Waals surface area contributed by atoms with E-state index in [1.807, 2.05) is 0 Å². The molecule has 4 fully saturated rings. The van der Waals surface area contributed by atoms with Gasteiger partial charge in [-0.2, -0.15) is 0 Å². The molecule has 0 aromatic rings. The summed E-state index contributed by atoms with van der Waals surface area (Å²) < 4.78 is 71.1. The maximum atomic E-state index is 13.1. The first-order valence-electron chi connectivity index (χ1n) is 22.0. The van der Waals surface area contributed by atoms with Crippen molar-refractivity contribution in [2.75, 3.05) is 18.8 Å². The van der Waals surface area contributed by atoms with E-state index in [4.69, 9.17) is 56.8 Å². The van der Waals surface area contributed by atoms with Gasteiger partial charge in [-0.25, -0.2) is 0 Å². The number of rotatable bonds is 22. The first-order chi connectivity index (χ1) is 35.7. The van der Waals surface area contributed by atoms with E-state index < -0.39 is 177 Å². The van der Waals surface area contributed by atoms with Gasteiger partial charge in [0.15, 0.2) is 54.5 Å². The Bertz CT molecular complexity index is 2460. The number of carbonyl (C=O) groups is 7. The van der Waals surface area contributed by atoms with E-state index in [1.54, 1.807) is 0 Å². The van der Waals surface area contributed by atoms with E-state index in [1.165, 1.54) is 6.92 Å². The molecule has 3 radical (unpaired) electrons. The molecule has 1 aliphatic carbocycles.